The van der Waals surface area contributed by atoms with Crippen molar-refractivity contribution in [1.29, 1.82) is 0 Å². The first-order valence-corrected chi connectivity index (χ1v) is 7.27. The molecule has 5 heteroatoms. The molecule has 0 bridgehead atoms. The lowest BCUT2D eigenvalue weighted by atomic mass is 10.3. The van der Waals surface area contributed by atoms with Crippen LogP contribution in [-0.4, -0.2) is 16.6 Å². The van der Waals surface area contributed by atoms with Crippen LogP contribution in [0, 0.1) is 0 Å². The first-order valence-electron chi connectivity index (χ1n) is 5.98. The number of thiocarbonyl (C=S) groups is 1. The Morgan fingerprint density at radius 3 is 2.95 bits per heavy atom. The molecule has 0 saturated heterocycles. The Morgan fingerprint density at radius 2 is 2.32 bits per heavy atom. The summed E-state index contributed by atoms with van der Waals surface area (Å²) in [5, 5.41) is 5.94. The van der Waals surface area contributed by atoms with Crippen molar-refractivity contribution in [3.8, 4) is 0 Å². The molecule has 0 radical (unpaired) electrons. The van der Waals surface area contributed by atoms with Crippen molar-refractivity contribution in [2.45, 2.75) is 13.1 Å². The van der Waals surface area contributed by atoms with E-state index in [1.54, 1.807) is 23.7 Å². The van der Waals surface area contributed by atoms with Crippen LogP contribution in [0.5, 0.6) is 0 Å². The van der Waals surface area contributed by atoms with Crippen molar-refractivity contribution in [2.24, 2.45) is 0 Å². The zero-order chi connectivity index (χ0) is 13.5. The van der Waals surface area contributed by atoms with Crippen LogP contribution in [0.2, 0.25) is 0 Å². The van der Waals surface area contributed by atoms with E-state index in [0.29, 0.717) is 18.2 Å². The Labute approximate surface area is 122 Å². The highest BCUT2D eigenvalue weighted by atomic mass is 32.1. The molecule has 0 aliphatic rings. The van der Waals surface area contributed by atoms with Gasteiger partial charge in [0.2, 0.25) is 0 Å². The number of hydrogen-bond acceptors (Lipinski definition) is 3. The highest BCUT2D eigenvalue weighted by Gasteiger charge is 2.12. The third kappa shape index (κ3) is 4.22. The topological polar surface area (TPSA) is 28.4 Å². The maximum Gasteiger partial charge on any atom is 0.169 e. The Balaban J connectivity index is 2.03. The molecule has 0 aliphatic carbocycles. The van der Waals surface area contributed by atoms with Crippen LogP contribution >= 0.6 is 23.6 Å². The molecule has 0 saturated carbocycles. The van der Waals surface area contributed by atoms with Gasteiger partial charge in [-0.05, 0) is 35.8 Å². The monoisotopic (exact) mass is 292 g/mol. The fourth-order valence-corrected chi connectivity index (χ4v) is 2.58. The van der Waals surface area contributed by atoms with E-state index in [2.05, 4.69) is 28.2 Å². The first-order chi connectivity index (χ1) is 9.29. The maximum atomic E-state index is 5.42. The van der Waals surface area contributed by atoms with Crippen molar-refractivity contribution in [2.75, 3.05) is 6.54 Å². The zero-order valence-electron chi connectivity index (χ0n) is 10.5. The van der Waals surface area contributed by atoms with Crippen LogP contribution in [-0.2, 0) is 13.1 Å². The van der Waals surface area contributed by atoms with Crippen molar-refractivity contribution in [3.05, 3.63) is 59.2 Å². The van der Waals surface area contributed by atoms with Crippen molar-refractivity contribution >= 4 is 28.7 Å². The summed E-state index contributed by atoms with van der Waals surface area (Å²) in [6, 6.07) is 8.00. The molecule has 0 amide bonds. The van der Waals surface area contributed by atoms with E-state index >= 15 is 0 Å². The fourth-order valence-electron chi connectivity index (χ4n) is 1.65. The molecular weight excluding hydrogens is 276 g/mol. The van der Waals surface area contributed by atoms with Gasteiger partial charge in [-0.1, -0.05) is 12.1 Å². The van der Waals surface area contributed by atoms with Crippen LogP contribution < -0.4 is 5.32 Å². The summed E-state index contributed by atoms with van der Waals surface area (Å²) in [5.41, 5.74) is 0. The van der Waals surface area contributed by atoms with Crippen LogP contribution in [0.25, 0.3) is 0 Å². The smallest absolute Gasteiger partial charge is 0.169 e. The Kier molecular flexibility index (Phi) is 5.18. The predicted octanol–water partition coefficient (Wildman–Crippen LogP) is 3.40. The van der Waals surface area contributed by atoms with Gasteiger partial charge in [-0.3, -0.25) is 0 Å². The van der Waals surface area contributed by atoms with E-state index in [1.807, 2.05) is 18.2 Å². The lowest BCUT2D eigenvalue weighted by Crippen LogP contribution is -2.38. The summed E-state index contributed by atoms with van der Waals surface area (Å²) >= 11 is 7.14. The van der Waals surface area contributed by atoms with E-state index in [9.17, 15) is 0 Å². The van der Waals surface area contributed by atoms with Gasteiger partial charge in [-0.15, -0.1) is 17.9 Å². The second kappa shape index (κ2) is 7.11. The van der Waals surface area contributed by atoms with Gasteiger partial charge in [0.25, 0.3) is 0 Å². The van der Waals surface area contributed by atoms with Crippen molar-refractivity contribution in [1.82, 2.24) is 10.2 Å². The molecule has 100 valence electrons. The number of furan rings is 1. The molecule has 1 N–H and O–H groups in total. The number of rotatable bonds is 6. The summed E-state index contributed by atoms with van der Waals surface area (Å²) in [6.07, 6.45) is 3.47. The van der Waals surface area contributed by atoms with E-state index < -0.39 is 0 Å². The summed E-state index contributed by atoms with van der Waals surface area (Å²) in [7, 11) is 0. The average molecular weight is 292 g/mol. The minimum atomic E-state index is 0.661. The molecule has 0 spiro atoms. The molecule has 2 heterocycles. The summed E-state index contributed by atoms with van der Waals surface area (Å²) in [4.78, 5) is 3.36. The molecule has 3 nitrogen and oxygen atoms in total. The zero-order valence-corrected chi connectivity index (χ0v) is 12.2. The molecule has 2 aromatic heterocycles. The largest absolute Gasteiger partial charge is 0.467 e. The highest BCUT2D eigenvalue weighted by molar-refractivity contribution is 7.80. The molecule has 0 aromatic carbocycles. The molecule has 19 heavy (non-hydrogen) atoms. The van der Waals surface area contributed by atoms with Gasteiger partial charge in [0, 0.05) is 11.4 Å². The number of nitrogens with zero attached hydrogens (tertiary/aromatic N) is 1. The molecule has 0 atom stereocenters. The van der Waals surface area contributed by atoms with Gasteiger partial charge in [0.1, 0.15) is 5.76 Å². The Hall–Kier alpha value is -1.59. The van der Waals surface area contributed by atoms with E-state index in [-0.39, 0.29) is 0 Å². The quantitative estimate of drug-likeness (QED) is 0.652. The second-order valence-electron chi connectivity index (χ2n) is 3.99. The highest BCUT2D eigenvalue weighted by Crippen LogP contribution is 2.15. The number of thiophene rings is 1. The normalized spacial score (nSPS) is 10.1. The van der Waals surface area contributed by atoms with Crippen molar-refractivity contribution < 1.29 is 4.42 Å². The number of hydrogen-bond donors (Lipinski definition) is 1. The second-order valence-corrected chi connectivity index (χ2v) is 5.41. The standard InChI is InChI=1S/C14H16N2OS2/c1-2-7-15-14(18)16(10-12-5-3-8-17-12)11-13-6-4-9-19-13/h2-6,8-9H,1,7,10-11H2,(H,15,18). The fraction of sp³-hybridized carbons (Fsp3) is 0.214. The molecule has 2 rings (SSSR count). The van der Waals surface area contributed by atoms with Gasteiger partial charge in [0.15, 0.2) is 5.11 Å². The Morgan fingerprint density at radius 1 is 1.42 bits per heavy atom. The van der Waals surface area contributed by atoms with Gasteiger partial charge in [0.05, 0.1) is 19.4 Å². The third-order valence-electron chi connectivity index (χ3n) is 2.54. The van der Waals surface area contributed by atoms with E-state index in [0.717, 1.165) is 12.3 Å². The molecular formula is C14H16N2OS2. The van der Waals surface area contributed by atoms with Gasteiger partial charge >= 0.3 is 0 Å². The van der Waals surface area contributed by atoms with Gasteiger partial charge < -0.3 is 14.6 Å². The maximum absolute atomic E-state index is 5.42. The Bertz CT molecular complexity index is 469. The summed E-state index contributed by atoms with van der Waals surface area (Å²) < 4.78 is 5.39. The lowest BCUT2D eigenvalue weighted by Gasteiger charge is -2.24. The molecule has 0 aliphatic heterocycles. The summed E-state index contributed by atoms with van der Waals surface area (Å²) in [6.45, 7) is 5.79. The molecule has 2 aromatic rings. The van der Waals surface area contributed by atoms with Gasteiger partial charge in [-0.25, -0.2) is 0 Å². The predicted molar refractivity (Wildman–Crippen MR) is 83.1 cm³/mol. The van der Waals surface area contributed by atoms with Crippen LogP contribution in [0.15, 0.2) is 53.0 Å². The minimum Gasteiger partial charge on any atom is -0.467 e. The molecule has 0 fully saturated rings. The van der Waals surface area contributed by atoms with E-state index in [1.165, 1.54) is 4.88 Å². The first kappa shape index (κ1) is 13.8. The van der Waals surface area contributed by atoms with Crippen LogP contribution in [0.1, 0.15) is 10.6 Å². The lowest BCUT2D eigenvalue weighted by molar-refractivity contribution is 0.355. The van der Waals surface area contributed by atoms with Crippen LogP contribution in [0.3, 0.4) is 0 Å². The third-order valence-corrected chi connectivity index (χ3v) is 3.80. The SMILES string of the molecule is C=CCNC(=S)N(Cc1ccco1)Cc1cccs1. The van der Waals surface area contributed by atoms with Gasteiger partial charge in [-0.2, -0.15) is 0 Å². The van der Waals surface area contributed by atoms with Crippen molar-refractivity contribution in [3.63, 3.8) is 0 Å². The average Bonchev–Trinajstić information content (AvgIpc) is 3.08. The minimum absolute atomic E-state index is 0.661. The van der Waals surface area contributed by atoms with E-state index in [4.69, 9.17) is 16.6 Å². The van der Waals surface area contributed by atoms with Crippen LogP contribution in [0.4, 0.5) is 0 Å². The molecule has 0 unspecified atom stereocenters. The number of nitrogens with one attached hydrogen (secondary N) is 1. The summed E-state index contributed by atoms with van der Waals surface area (Å²) in [5.74, 6) is 0.902.